The number of aryl methyl sites for hydroxylation is 1. The van der Waals surface area contributed by atoms with Gasteiger partial charge in [0.15, 0.2) is 0 Å². The van der Waals surface area contributed by atoms with Crippen LogP contribution in [-0.2, 0) is 0 Å². The largest absolute Gasteiger partial charge is 0.352 e. The van der Waals surface area contributed by atoms with E-state index in [2.05, 4.69) is 15.3 Å². The highest BCUT2D eigenvalue weighted by atomic mass is 35.5. The van der Waals surface area contributed by atoms with E-state index in [1.165, 1.54) is 0 Å². The van der Waals surface area contributed by atoms with Crippen molar-refractivity contribution in [3.8, 4) is 11.4 Å². The first-order valence-corrected chi connectivity index (χ1v) is 8.21. The lowest BCUT2D eigenvalue weighted by molar-refractivity contribution is 0.0953. The smallest absolute Gasteiger partial charge is 0.251 e. The molecule has 0 saturated carbocycles. The third-order valence-electron chi connectivity index (χ3n) is 3.85. The molecule has 1 heterocycles. The molecule has 3 rings (SSSR count). The second-order valence-electron chi connectivity index (χ2n) is 5.68. The molecule has 0 fully saturated rings. The molecule has 0 spiro atoms. The fourth-order valence-electron chi connectivity index (χ4n) is 2.46. The van der Waals surface area contributed by atoms with Crippen LogP contribution in [0.15, 0.2) is 36.4 Å². The molecular formula is C18H19ClN4O. The summed E-state index contributed by atoms with van der Waals surface area (Å²) in [5.74, 6) is 0.656. The normalized spacial score (nSPS) is 11.0. The minimum absolute atomic E-state index is 0.0954. The summed E-state index contributed by atoms with van der Waals surface area (Å²) in [6.45, 7) is 3.11. The molecule has 1 aromatic heterocycles. The molecule has 1 amide bonds. The van der Waals surface area contributed by atoms with E-state index in [1.54, 1.807) is 12.1 Å². The number of nitrogens with one attached hydrogen (secondary N) is 2. The van der Waals surface area contributed by atoms with E-state index in [-0.39, 0.29) is 5.91 Å². The van der Waals surface area contributed by atoms with Gasteiger partial charge in [-0.25, -0.2) is 4.98 Å². The standard InChI is InChI=1S/C18H19ClN4O/c1-11-9-15-16(10-14(11)19)23-17(22-15)12-3-5-13(6-4-12)18(24)21-8-2-7-20/h3-6,9-10H,2,7-8,20H2,1H3,(H,21,24)(H,22,23). The third-order valence-corrected chi connectivity index (χ3v) is 4.26. The van der Waals surface area contributed by atoms with E-state index in [0.29, 0.717) is 23.7 Å². The second kappa shape index (κ2) is 7.03. The summed E-state index contributed by atoms with van der Waals surface area (Å²) in [6.07, 6.45) is 0.769. The van der Waals surface area contributed by atoms with Gasteiger partial charge in [-0.2, -0.15) is 0 Å². The monoisotopic (exact) mass is 342 g/mol. The van der Waals surface area contributed by atoms with E-state index in [9.17, 15) is 4.79 Å². The third kappa shape index (κ3) is 3.42. The average molecular weight is 343 g/mol. The first-order valence-electron chi connectivity index (χ1n) is 7.83. The van der Waals surface area contributed by atoms with Gasteiger partial charge < -0.3 is 16.0 Å². The van der Waals surface area contributed by atoms with E-state index in [4.69, 9.17) is 17.3 Å². The number of hydrogen-bond donors (Lipinski definition) is 3. The molecule has 124 valence electrons. The van der Waals surface area contributed by atoms with Crippen molar-refractivity contribution in [3.63, 3.8) is 0 Å². The Morgan fingerprint density at radius 3 is 2.75 bits per heavy atom. The summed E-state index contributed by atoms with van der Waals surface area (Å²) in [5.41, 5.74) is 9.72. The van der Waals surface area contributed by atoms with Crippen LogP contribution in [0.5, 0.6) is 0 Å². The lowest BCUT2D eigenvalue weighted by Gasteiger charge is -2.04. The number of nitrogens with zero attached hydrogens (tertiary/aromatic N) is 1. The highest BCUT2D eigenvalue weighted by molar-refractivity contribution is 6.32. The number of aromatic amines is 1. The molecule has 5 nitrogen and oxygen atoms in total. The Hall–Kier alpha value is -2.37. The number of aromatic nitrogens is 2. The van der Waals surface area contributed by atoms with Crippen LogP contribution in [0.4, 0.5) is 0 Å². The number of carbonyl (C=O) groups is 1. The van der Waals surface area contributed by atoms with Gasteiger partial charge in [0.1, 0.15) is 5.82 Å². The highest BCUT2D eigenvalue weighted by Gasteiger charge is 2.09. The van der Waals surface area contributed by atoms with Crippen molar-refractivity contribution >= 4 is 28.5 Å². The zero-order valence-corrected chi connectivity index (χ0v) is 14.2. The summed E-state index contributed by atoms with van der Waals surface area (Å²) in [6, 6.07) is 11.2. The number of halogens is 1. The molecule has 24 heavy (non-hydrogen) atoms. The van der Waals surface area contributed by atoms with Crippen LogP contribution in [0.1, 0.15) is 22.3 Å². The maximum Gasteiger partial charge on any atom is 0.251 e. The lowest BCUT2D eigenvalue weighted by atomic mass is 10.1. The van der Waals surface area contributed by atoms with Gasteiger partial charge in [0, 0.05) is 22.7 Å². The molecule has 0 unspecified atom stereocenters. The predicted octanol–water partition coefficient (Wildman–Crippen LogP) is 3.27. The predicted molar refractivity (Wildman–Crippen MR) is 97.3 cm³/mol. The molecule has 0 radical (unpaired) electrons. The molecule has 0 aliphatic heterocycles. The van der Waals surface area contributed by atoms with Crippen molar-refractivity contribution in [1.29, 1.82) is 0 Å². The Labute approximate surface area is 145 Å². The Balaban J connectivity index is 1.81. The first kappa shape index (κ1) is 16.5. The number of fused-ring (bicyclic) bond motifs is 1. The Morgan fingerprint density at radius 1 is 1.29 bits per heavy atom. The highest BCUT2D eigenvalue weighted by Crippen LogP contribution is 2.25. The van der Waals surface area contributed by atoms with Crippen LogP contribution in [0.3, 0.4) is 0 Å². The van der Waals surface area contributed by atoms with Crippen molar-refractivity contribution in [1.82, 2.24) is 15.3 Å². The number of carbonyl (C=O) groups excluding carboxylic acids is 1. The first-order chi connectivity index (χ1) is 11.6. The Kier molecular flexibility index (Phi) is 4.83. The van der Waals surface area contributed by atoms with Gasteiger partial charge >= 0.3 is 0 Å². The molecule has 0 aliphatic rings. The molecule has 0 bridgehead atoms. The minimum atomic E-state index is -0.0954. The topological polar surface area (TPSA) is 83.8 Å². The summed E-state index contributed by atoms with van der Waals surface area (Å²) in [5, 5.41) is 3.54. The van der Waals surface area contributed by atoms with Crippen LogP contribution in [0, 0.1) is 6.92 Å². The van der Waals surface area contributed by atoms with Crippen molar-refractivity contribution in [3.05, 3.63) is 52.5 Å². The van der Waals surface area contributed by atoms with Gasteiger partial charge in [-0.05, 0) is 49.7 Å². The fraction of sp³-hybridized carbons (Fsp3) is 0.222. The maximum absolute atomic E-state index is 12.0. The number of H-pyrrole nitrogens is 1. The molecule has 3 aromatic rings. The molecule has 6 heteroatoms. The number of benzene rings is 2. The van der Waals surface area contributed by atoms with Crippen molar-refractivity contribution in [2.24, 2.45) is 5.73 Å². The van der Waals surface area contributed by atoms with E-state index in [1.807, 2.05) is 31.2 Å². The van der Waals surface area contributed by atoms with Crippen LogP contribution < -0.4 is 11.1 Å². The van der Waals surface area contributed by atoms with Gasteiger partial charge in [-0.1, -0.05) is 23.7 Å². The van der Waals surface area contributed by atoms with E-state index in [0.717, 1.165) is 34.4 Å². The van der Waals surface area contributed by atoms with Crippen molar-refractivity contribution in [2.45, 2.75) is 13.3 Å². The Bertz CT molecular complexity index is 832. The quantitative estimate of drug-likeness (QED) is 0.622. The maximum atomic E-state index is 12.0. The van der Waals surface area contributed by atoms with E-state index < -0.39 is 0 Å². The minimum Gasteiger partial charge on any atom is -0.352 e. The van der Waals surface area contributed by atoms with Gasteiger partial charge in [0.25, 0.3) is 5.91 Å². The van der Waals surface area contributed by atoms with Gasteiger partial charge in [0.2, 0.25) is 0 Å². The fourth-order valence-corrected chi connectivity index (χ4v) is 2.62. The molecule has 0 atom stereocenters. The molecule has 0 saturated heterocycles. The number of nitrogens with two attached hydrogens (primary N) is 1. The zero-order chi connectivity index (χ0) is 17.1. The summed E-state index contributed by atoms with van der Waals surface area (Å²) in [7, 11) is 0. The van der Waals surface area contributed by atoms with Gasteiger partial charge in [0.05, 0.1) is 11.0 Å². The number of imidazole rings is 1. The summed E-state index contributed by atoms with van der Waals surface area (Å²) >= 11 is 6.14. The summed E-state index contributed by atoms with van der Waals surface area (Å²) < 4.78 is 0. The van der Waals surface area contributed by atoms with Crippen molar-refractivity contribution in [2.75, 3.05) is 13.1 Å². The van der Waals surface area contributed by atoms with Crippen molar-refractivity contribution < 1.29 is 4.79 Å². The van der Waals surface area contributed by atoms with E-state index >= 15 is 0 Å². The number of hydrogen-bond acceptors (Lipinski definition) is 3. The summed E-state index contributed by atoms with van der Waals surface area (Å²) in [4.78, 5) is 19.8. The Morgan fingerprint density at radius 2 is 2.04 bits per heavy atom. The molecular weight excluding hydrogens is 324 g/mol. The second-order valence-corrected chi connectivity index (χ2v) is 6.09. The van der Waals surface area contributed by atoms with Crippen LogP contribution >= 0.6 is 11.6 Å². The number of amides is 1. The van der Waals surface area contributed by atoms with Crippen LogP contribution in [0.25, 0.3) is 22.4 Å². The average Bonchev–Trinajstić information content (AvgIpc) is 2.98. The lowest BCUT2D eigenvalue weighted by Crippen LogP contribution is -2.25. The SMILES string of the molecule is Cc1cc2[nH]c(-c3ccc(C(=O)NCCCN)cc3)nc2cc1Cl. The van der Waals surface area contributed by atoms with Crippen LogP contribution in [0.2, 0.25) is 5.02 Å². The zero-order valence-electron chi connectivity index (χ0n) is 13.4. The van der Waals surface area contributed by atoms with Gasteiger partial charge in [-0.15, -0.1) is 0 Å². The molecule has 2 aromatic carbocycles. The molecule has 0 aliphatic carbocycles. The van der Waals surface area contributed by atoms with Gasteiger partial charge in [-0.3, -0.25) is 4.79 Å². The van der Waals surface area contributed by atoms with Crippen LogP contribution in [-0.4, -0.2) is 29.0 Å². The molecule has 4 N–H and O–H groups in total. The number of rotatable bonds is 5.